The minimum Gasteiger partial charge on any atom is -0.301 e. The van der Waals surface area contributed by atoms with Crippen molar-refractivity contribution in [3.63, 3.8) is 0 Å². The molecule has 2 aromatic carbocycles. The van der Waals surface area contributed by atoms with E-state index in [1.54, 1.807) is 6.07 Å². The van der Waals surface area contributed by atoms with Crippen LogP contribution in [-0.2, 0) is 4.79 Å². The van der Waals surface area contributed by atoms with Crippen molar-refractivity contribution >= 4 is 66.9 Å². The van der Waals surface area contributed by atoms with Crippen LogP contribution >= 0.6 is 34.7 Å². The number of anilines is 1. The highest BCUT2D eigenvalue weighted by molar-refractivity contribution is 8.00. The Hall–Kier alpha value is -2.15. The Labute approximate surface area is 163 Å². The monoisotopic (exact) mass is 399 g/mol. The molecule has 130 valence electrons. The van der Waals surface area contributed by atoms with E-state index >= 15 is 0 Å². The molecule has 4 aromatic rings. The van der Waals surface area contributed by atoms with Gasteiger partial charge >= 0.3 is 0 Å². The molecule has 26 heavy (non-hydrogen) atoms. The summed E-state index contributed by atoms with van der Waals surface area (Å²) in [6, 6.07) is 17.4. The van der Waals surface area contributed by atoms with Gasteiger partial charge in [-0.2, -0.15) is 0 Å². The Bertz CT molecular complexity index is 1110. The van der Waals surface area contributed by atoms with Gasteiger partial charge < -0.3 is 5.32 Å². The van der Waals surface area contributed by atoms with Crippen molar-refractivity contribution in [3.8, 4) is 0 Å². The number of benzene rings is 2. The predicted octanol–water partition coefficient (Wildman–Crippen LogP) is 5.62. The van der Waals surface area contributed by atoms with Crippen molar-refractivity contribution in [1.82, 2.24) is 9.97 Å². The van der Waals surface area contributed by atoms with E-state index < -0.39 is 0 Å². The van der Waals surface area contributed by atoms with Gasteiger partial charge in [0.1, 0.15) is 0 Å². The summed E-state index contributed by atoms with van der Waals surface area (Å²) in [6.45, 7) is 1.86. The Balaban J connectivity index is 1.47. The first-order valence-corrected chi connectivity index (χ1v) is 10.1. The topological polar surface area (TPSA) is 54.9 Å². The summed E-state index contributed by atoms with van der Waals surface area (Å²) in [5.74, 6) is -0.102. The van der Waals surface area contributed by atoms with Crippen LogP contribution in [-0.4, -0.2) is 21.1 Å². The molecule has 0 aliphatic heterocycles. The quantitative estimate of drug-likeness (QED) is 0.452. The van der Waals surface area contributed by atoms with E-state index in [9.17, 15) is 4.79 Å². The maximum Gasteiger partial charge on any atom is 0.239 e. The van der Waals surface area contributed by atoms with Crippen LogP contribution in [0.4, 0.5) is 5.13 Å². The molecule has 0 aliphatic carbocycles. The SMILES string of the molecule is CC(Sc1ccc2ccccc2n1)C(=O)Nc1nc2ccc(Cl)cc2s1. The summed E-state index contributed by atoms with van der Waals surface area (Å²) in [7, 11) is 0. The maximum absolute atomic E-state index is 12.5. The van der Waals surface area contributed by atoms with Crippen molar-refractivity contribution in [2.24, 2.45) is 0 Å². The number of rotatable bonds is 4. The van der Waals surface area contributed by atoms with Gasteiger partial charge in [0, 0.05) is 10.4 Å². The Morgan fingerprint density at radius 2 is 1.96 bits per heavy atom. The van der Waals surface area contributed by atoms with Crippen LogP contribution < -0.4 is 5.32 Å². The number of thiazole rings is 1. The third-order valence-electron chi connectivity index (χ3n) is 3.82. The number of nitrogens with zero attached hydrogens (tertiary/aromatic N) is 2. The number of carbonyl (C=O) groups is 1. The highest BCUT2D eigenvalue weighted by Crippen LogP contribution is 2.29. The lowest BCUT2D eigenvalue weighted by Crippen LogP contribution is -2.22. The van der Waals surface area contributed by atoms with Crippen LogP contribution in [0.15, 0.2) is 59.6 Å². The molecule has 1 N–H and O–H groups in total. The molecule has 4 nitrogen and oxygen atoms in total. The van der Waals surface area contributed by atoms with Gasteiger partial charge in [0.2, 0.25) is 5.91 Å². The molecule has 0 saturated heterocycles. The number of fused-ring (bicyclic) bond motifs is 2. The van der Waals surface area contributed by atoms with Crippen molar-refractivity contribution in [2.75, 3.05) is 5.32 Å². The van der Waals surface area contributed by atoms with Gasteiger partial charge in [0.25, 0.3) is 0 Å². The molecular weight excluding hydrogens is 386 g/mol. The van der Waals surface area contributed by atoms with Gasteiger partial charge in [-0.1, -0.05) is 59.0 Å². The number of amides is 1. The van der Waals surface area contributed by atoms with Gasteiger partial charge in [-0.3, -0.25) is 4.79 Å². The Morgan fingerprint density at radius 3 is 2.85 bits per heavy atom. The second-order valence-corrected chi connectivity index (χ2v) is 8.55. The fourth-order valence-corrected chi connectivity index (χ4v) is 4.48. The van der Waals surface area contributed by atoms with Crippen molar-refractivity contribution < 1.29 is 4.79 Å². The molecule has 1 atom stereocenters. The van der Waals surface area contributed by atoms with E-state index in [1.165, 1.54) is 23.1 Å². The van der Waals surface area contributed by atoms with Crippen LogP contribution in [0.25, 0.3) is 21.1 Å². The number of carbonyl (C=O) groups excluding carboxylic acids is 1. The van der Waals surface area contributed by atoms with Gasteiger partial charge in [0.15, 0.2) is 5.13 Å². The molecule has 0 spiro atoms. The normalized spacial score (nSPS) is 12.4. The van der Waals surface area contributed by atoms with Crippen molar-refractivity contribution in [1.29, 1.82) is 0 Å². The second kappa shape index (κ2) is 7.23. The maximum atomic E-state index is 12.5. The lowest BCUT2D eigenvalue weighted by atomic mass is 10.2. The zero-order chi connectivity index (χ0) is 18.1. The van der Waals surface area contributed by atoms with Crippen LogP contribution in [0.5, 0.6) is 0 Å². The highest BCUT2D eigenvalue weighted by Gasteiger charge is 2.17. The molecule has 4 rings (SSSR count). The lowest BCUT2D eigenvalue weighted by Gasteiger charge is -2.10. The zero-order valence-electron chi connectivity index (χ0n) is 13.8. The number of hydrogen-bond donors (Lipinski definition) is 1. The van der Waals surface area contributed by atoms with E-state index in [0.29, 0.717) is 10.2 Å². The van der Waals surface area contributed by atoms with Gasteiger partial charge in [-0.15, -0.1) is 0 Å². The minimum atomic E-state index is -0.292. The molecule has 7 heteroatoms. The van der Waals surface area contributed by atoms with Crippen LogP contribution in [0.3, 0.4) is 0 Å². The third kappa shape index (κ3) is 3.67. The number of para-hydroxylation sites is 1. The highest BCUT2D eigenvalue weighted by atomic mass is 35.5. The van der Waals surface area contributed by atoms with Crippen LogP contribution in [0.1, 0.15) is 6.92 Å². The van der Waals surface area contributed by atoms with Gasteiger partial charge in [-0.25, -0.2) is 9.97 Å². The van der Waals surface area contributed by atoms with E-state index in [4.69, 9.17) is 11.6 Å². The number of hydrogen-bond acceptors (Lipinski definition) is 5. The average Bonchev–Trinajstić information content (AvgIpc) is 3.02. The lowest BCUT2D eigenvalue weighted by molar-refractivity contribution is -0.115. The average molecular weight is 400 g/mol. The molecule has 0 aliphatic rings. The summed E-state index contributed by atoms with van der Waals surface area (Å²) >= 11 is 8.84. The molecule has 0 fully saturated rings. The number of pyridine rings is 1. The summed E-state index contributed by atoms with van der Waals surface area (Å²) in [5, 5.41) is 5.73. The number of thioether (sulfide) groups is 1. The minimum absolute atomic E-state index is 0.102. The molecular formula is C19H14ClN3OS2. The first-order chi connectivity index (χ1) is 12.6. The first-order valence-electron chi connectivity index (χ1n) is 7.98. The van der Waals surface area contributed by atoms with E-state index in [1.807, 2.05) is 55.5 Å². The molecule has 2 heterocycles. The third-order valence-corrected chi connectivity index (χ3v) is 6.03. The number of nitrogens with one attached hydrogen (secondary N) is 1. The van der Waals surface area contributed by atoms with Gasteiger partial charge in [0.05, 0.1) is 26.0 Å². The number of halogens is 1. The second-order valence-electron chi connectivity index (χ2n) is 5.72. The Morgan fingerprint density at radius 1 is 1.12 bits per heavy atom. The summed E-state index contributed by atoms with van der Waals surface area (Å²) in [4.78, 5) is 21.5. The molecule has 1 unspecified atom stereocenters. The van der Waals surface area contributed by atoms with Gasteiger partial charge in [-0.05, 0) is 37.3 Å². The zero-order valence-corrected chi connectivity index (χ0v) is 16.2. The summed E-state index contributed by atoms with van der Waals surface area (Å²) < 4.78 is 0.948. The van der Waals surface area contributed by atoms with Crippen molar-refractivity contribution in [2.45, 2.75) is 17.2 Å². The standard InChI is InChI=1S/C19H14ClN3OS2/c1-11(25-17-9-6-12-4-2-3-5-14(12)21-17)18(24)23-19-22-15-8-7-13(20)10-16(15)26-19/h2-11H,1H3,(H,22,23,24). The summed E-state index contributed by atoms with van der Waals surface area (Å²) in [5.41, 5.74) is 1.75. The molecule has 0 radical (unpaired) electrons. The molecule has 0 bridgehead atoms. The Kier molecular flexibility index (Phi) is 4.80. The summed E-state index contributed by atoms with van der Waals surface area (Å²) in [6.07, 6.45) is 0. The fraction of sp³-hybridized carbons (Fsp3) is 0.105. The smallest absolute Gasteiger partial charge is 0.239 e. The molecule has 1 amide bonds. The molecule has 0 saturated carbocycles. The van der Waals surface area contributed by atoms with Crippen molar-refractivity contribution in [3.05, 3.63) is 59.6 Å². The van der Waals surface area contributed by atoms with E-state index in [-0.39, 0.29) is 11.2 Å². The van der Waals surface area contributed by atoms with Crippen LogP contribution in [0.2, 0.25) is 5.02 Å². The largest absolute Gasteiger partial charge is 0.301 e. The predicted molar refractivity (Wildman–Crippen MR) is 110 cm³/mol. The fourth-order valence-electron chi connectivity index (χ4n) is 2.51. The molecule has 2 aromatic heterocycles. The van der Waals surface area contributed by atoms with E-state index in [2.05, 4.69) is 15.3 Å². The first kappa shape index (κ1) is 17.3. The number of aromatic nitrogens is 2. The van der Waals surface area contributed by atoms with Crippen LogP contribution in [0, 0.1) is 0 Å². The van der Waals surface area contributed by atoms with E-state index in [0.717, 1.165) is 26.1 Å².